The van der Waals surface area contributed by atoms with E-state index in [0.717, 1.165) is 18.7 Å². The molecule has 0 saturated carbocycles. The number of aromatic nitrogens is 3. The molecule has 8 heteroatoms. The summed E-state index contributed by atoms with van der Waals surface area (Å²) < 4.78 is 0. The van der Waals surface area contributed by atoms with E-state index in [-0.39, 0.29) is 11.9 Å². The summed E-state index contributed by atoms with van der Waals surface area (Å²) in [7, 11) is 3.74. The molecule has 0 spiro atoms. The molecule has 0 unspecified atom stereocenters. The van der Waals surface area contributed by atoms with E-state index in [0.29, 0.717) is 31.4 Å². The maximum absolute atomic E-state index is 13.1. The molecule has 1 saturated heterocycles. The molecule has 1 aromatic carbocycles. The fourth-order valence-corrected chi connectivity index (χ4v) is 3.38. The Morgan fingerprint density at radius 2 is 1.71 bits per heavy atom. The van der Waals surface area contributed by atoms with Crippen LogP contribution in [0, 0.1) is 0 Å². The van der Waals surface area contributed by atoms with E-state index >= 15 is 0 Å². The molecule has 1 aliphatic heterocycles. The monoisotopic (exact) mass is 383 g/mol. The minimum absolute atomic E-state index is 0.164. The van der Waals surface area contributed by atoms with Crippen LogP contribution in [0.2, 0.25) is 0 Å². The Morgan fingerprint density at radius 3 is 2.32 bits per heavy atom. The molecule has 2 heterocycles. The third kappa shape index (κ3) is 4.39. The van der Waals surface area contributed by atoms with E-state index < -0.39 is 5.41 Å². The first-order chi connectivity index (χ1) is 13.3. The van der Waals surface area contributed by atoms with Crippen molar-refractivity contribution in [3.63, 3.8) is 0 Å². The molecule has 3 rings (SSSR count). The lowest BCUT2D eigenvalue weighted by molar-refractivity contribution is -0.138. The SMILES string of the molecule is CN(C)c1nc(N)nc(CN2CCN(C(=O)C(C)(C)c3ccccc3)CC2)n1. The second kappa shape index (κ2) is 8.10. The fraction of sp³-hybridized carbons (Fsp3) is 0.500. The van der Waals surface area contributed by atoms with Gasteiger partial charge in [-0.25, -0.2) is 0 Å². The molecular formula is C20H29N7O. The second-order valence-electron chi connectivity index (χ2n) is 7.86. The van der Waals surface area contributed by atoms with Crippen molar-refractivity contribution < 1.29 is 4.79 Å². The van der Waals surface area contributed by atoms with E-state index in [1.165, 1.54) is 0 Å². The third-order valence-corrected chi connectivity index (χ3v) is 5.14. The molecule has 0 atom stereocenters. The number of rotatable bonds is 5. The Labute approximate surface area is 166 Å². The summed E-state index contributed by atoms with van der Waals surface area (Å²) >= 11 is 0. The lowest BCUT2D eigenvalue weighted by Gasteiger charge is -2.38. The Balaban J connectivity index is 1.61. The van der Waals surface area contributed by atoms with E-state index in [4.69, 9.17) is 5.73 Å². The highest BCUT2D eigenvalue weighted by molar-refractivity contribution is 5.87. The van der Waals surface area contributed by atoms with Gasteiger partial charge in [0.25, 0.3) is 0 Å². The first kappa shape index (κ1) is 20.0. The van der Waals surface area contributed by atoms with Crippen molar-refractivity contribution in [3.8, 4) is 0 Å². The highest BCUT2D eigenvalue weighted by atomic mass is 16.2. The van der Waals surface area contributed by atoms with Crippen LogP contribution >= 0.6 is 0 Å². The lowest BCUT2D eigenvalue weighted by Crippen LogP contribution is -2.53. The molecule has 0 bridgehead atoms. The van der Waals surface area contributed by atoms with Crippen LogP contribution in [0.15, 0.2) is 30.3 Å². The maximum Gasteiger partial charge on any atom is 0.232 e. The number of nitrogens with zero attached hydrogens (tertiary/aromatic N) is 6. The van der Waals surface area contributed by atoms with Gasteiger partial charge in [-0.2, -0.15) is 15.0 Å². The van der Waals surface area contributed by atoms with Crippen molar-refractivity contribution in [1.82, 2.24) is 24.8 Å². The van der Waals surface area contributed by atoms with Gasteiger partial charge in [0.2, 0.25) is 17.8 Å². The van der Waals surface area contributed by atoms with Gasteiger partial charge in [0.1, 0.15) is 5.82 Å². The normalized spacial score (nSPS) is 15.5. The van der Waals surface area contributed by atoms with Gasteiger partial charge in [-0.15, -0.1) is 0 Å². The van der Waals surface area contributed by atoms with Crippen molar-refractivity contribution in [2.24, 2.45) is 0 Å². The van der Waals surface area contributed by atoms with E-state index in [1.807, 2.05) is 68.1 Å². The van der Waals surface area contributed by atoms with Crippen LogP contribution in [-0.4, -0.2) is 70.9 Å². The average molecular weight is 384 g/mol. The van der Waals surface area contributed by atoms with E-state index in [9.17, 15) is 4.79 Å². The molecule has 2 aromatic rings. The van der Waals surface area contributed by atoms with Gasteiger partial charge >= 0.3 is 0 Å². The van der Waals surface area contributed by atoms with Crippen LogP contribution in [0.5, 0.6) is 0 Å². The second-order valence-corrected chi connectivity index (χ2v) is 7.86. The van der Waals surface area contributed by atoms with E-state index in [1.54, 1.807) is 0 Å². The summed E-state index contributed by atoms with van der Waals surface area (Å²) in [5.41, 5.74) is 6.31. The van der Waals surface area contributed by atoms with Crippen molar-refractivity contribution in [3.05, 3.63) is 41.7 Å². The molecule has 1 aromatic heterocycles. The van der Waals surface area contributed by atoms with Crippen LogP contribution in [-0.2, 0) is 16.8 Å². The Hall–Kier alpha value is -2.74. The van der Waals surface area contributed by atoms with Crippen molar-refractivity contribution in [2.45, 2.75) is 25.8 Å². The highest BCUT2D eigenvalue weighted by Gasteiger charge is 2.35. The van der Waals surface area contributed by atoms with Crippen molar-refractivity contribution >= 4 is 17.8 Å². The summed E-state index contributed by atoms with van der Waals surface area (Å²) in [5.74, 6) is 1.60. The average Bonchev–Trinajstić information content (AvgIpc) is 2.68. The Bertz CT molecular complexity index is 815. The molecule has 150 valence electrons. The summed E-state index contributed by atoms with van der Waals surface area (Å²) in [6, 6.07) is 9.96. The van der Waals surface area contributed by atoms with Gasteiger partial charge in [-0.3, -0.25) is 9.69 Å². The van der Waals surface area contributed by atoms with Gasteiger partial charge < -0.3 is 15.5 Å². The Morgan fingerprint density at radius 1 is 1.07 bits per heavy atom. The molecule has 0 radical (unpaired) electrons. The number of nitrogen functional groups attached to an aromatic ring is 1. The number of nitrogens with two attached hydrogens (primary N) is 1. The van der Waals surface area contributed by atoms with Crippen LogP contribution in [0.4, 0.5) is 11.9 Å². The number of hydrogen-bond acceptors (Lipinski definition) is 7. The quantitative estimate of drug-likeness (QED) is 0.828. The molecule has 1 fully saturated rings. The molecule has 1 aliphatic rings. The molecule has 2 N–H and O–H groups in total. The summed E-state index contributed by atoms with van der Waals surface area (Å²) in [6.07, 6.45) is 0. The zero-order valence-electron chi connectivity index (χ0n) is 17.1. The van der Waals surface area contributed by atoms with Crippen molar-refractivity contribution in [1.29, 1.82) is 0 Å². The largest absolute Gasteiger partial charge is 0.368 e. The van der Waals surface area contributed by atoms with Gasteiger partial charge in [0.15, 0.2) is 0 Å². The number of benzene rings is 1. The predicted octanol–water partition coefficient (Wildman–Crippen LogP) is 1.14. The number of hydrogen-bond donors (Lipinski definition) is 1. The molecule has 28 heavy (non-hydrogen) atoms. The summed E-state index contributed by atoms with van der Waals surface area (Å²) in [5, 5.41) is 0. The topological polar surface area (TPSA) is 91.5 Å². The fourth-order valence-electron chi connectivity index (χ4n) is 3.38. The number of anilines is 2. The van der Waals surface area contributed by atoms with Gasteiger partial charge in [-0.1, -0.05) is 30.3 Å². The Kier molecular flexibility index (Phi) is 5.79. The molecule has 0 aliphatic carbocycles. The summed E-state index contributed by atoms with van der Waals surface area (Å²) in [4.78, 5) is 31.9. The zero-order chi connectivity index (χ0) is 20.3. The van der Waals surface area contributed by atoms with E-state index in [2.05, 4.69) is 19.9 Å². The molecule has 8 nitrogen and oxygen atoms in total. The van der Waals surface area contributed by atoms with Crippen LogP contribution in [0.25, 0.3) is 0 Å². The minimum Gasteiger partial charge on any atom is -0.368 e. The van der Waals surface area contributed by atoms with Gasteiger partial charge in [0, 0.05) is 40.3 Å². The van der Waals surface area contributed by atoms with Crippen molar-refractivity contribution in [2.75, 3.05) is 50.9 Å². The lowest BCUT2D eigenvalue weighted by atomic mass is 9.83. The standard InChI is InChI=1S/C20H29N7O/c1-20(2,15-8-6-5-7-9-15)17(28)27-12-10-26(11-13-27)14-16-22-18(21)24-19(23-16)25(3)4/h5-9H,10-14H2,1-4H3,(H2,21,22,23,24). The first-order valence-corrected chi connectivity index (χ1v) is 9.52. The minimum atomic E-state index is -0.535. The smallest absolute Gasteiger partial charge is 0.232 e. The summed E-state index contributed by atoms with van der Waals surface area (Å²) in [6.45, 7) is 7.52. The predicted molar refractivity (Wildman–Crippen MR) is 110 cm³/mol. The van der Waals surface area contributed by atoms with Gasteiger partial charge in [-0.05, 0) is 19.4 Å². The number of amides is 1. The van der Waals surface area contributed by atoms with Crippen LogP contribution in [0.3, 0.4) is 0 Å². The number of carbonyl (C=O) groups is 1. The zero-order valence-corrected chi connectivity index (χ0v) is 17.1. The maximum atomic E-state index is 13.1. The highest BCUT2D eigenvalue weighted by Crippen LogP contribution is 2.26. The molecule has 1 amide bonds. The third-order valence-electron chi connectivity index (χ3n) is 5.14. The first-order valence-electron chi connectivity index (χ1n) is 9.52. The van der Waals surface area contributed by atoms with Gasteiger partial charge in [0.05, 0.1) is 12.0 Å². The van der Waals surface area contributed by atoms with Crippen LogP contribution in [0.1, 0.15) is 25.2 Å². The number of carbonyl (C=O) groups excluding carboxylic acids is 1. The van der Waals surface area contributed by atoms with Crippen LogP contribution < -0.4 is 10.6 Å². The number of piperazine rings is 1. The molecular weight excluding hydrogens is 354 g/mol.